The predicted octanol–water partition coefficient (Wildman–Crippen LogP) is 6.07. The maximum atomic E-state index is 10.8. The Kier molecular flexibility index (Phi) is 6.57. The molecule has 0 aromatic heterocycles. The first-order valence-corrected chi connectivity index (χ1v) is 9.81. The largest absolute Gasteiger partial charge is 0.489 e. The highest BCUT2D eigenvalue weighted by Gasteiger charge is 2.15. The fourth-order valence-electron chi connectivity index (χ4n) is 3.58. The Morgan fingerprint density at radius 1 is 1.11 bits per heavy atom. The third-order valence-corrected chi connectivity index (χ3v) is 5.36. The molecule has 0 fully saturated rings. The highest BCUT2D eigenvalue weighted by Crippen LogP contribution is 2.33. The van der Waals surface area contributed by atoms with Crippen LogP contribution in [0, 0.1) is 6.92 Å². The number of allylic oxidation sites excluding steroid dienone is 1. The lowest BCUT2D eigenvalue weighted by Gasteiger charge is -2.21. The maximum absolute atomic E-state index is 10.8. The fraction of sp³-hybridized carbons (Fsp3) is 0.348. The van der Waals surface area contributed by atoms with Gasteiger partial charge < -0.3 is 9.84 Å². The molecular formula is C23H25ClO3. The molecule has 0 unspecified atom stereocenters. The molecule has 0 heterocycles. The molecule has 0 radical (unpaired) electrons. The van der Waals surface area contributed by atoms with Gasteiger partial charge in [-0.1, -0.05) is 29.8 Å². The summed E-state index contributed by atoms with van der Waals surface area (Å²) in [5, 5.41) is 9.60. The lowest BCUT2D eigenvalue weighted by molar-refractivity contribution is -0.136. The average molecular weight is 385 g/mol. The molecule has 1 aliphatic rings. The zero-order valence-corrected chi connectivity index (χ0v) is 16.4. The summed E-state index contributed by atoms with van der Waals surface area (Å²) >= 11 is 6.02. The van der Waals surface area contributed by atoms with Gasteiger partial charge in [-0.15, -0.1) is 0 Å². The first-order chi connectivity index (χ1) is 13.0. The minimum atomic E-state index is -0.770. The van der Waals surface area contributed by atoms with Crippen molar-refractivity contribution in [2.75, 3.05) is 6.61 Å². The Bertz CT molecular complexity index is 837. The number of halogens is 1. The van der Waals surface area contributed by atoms with Crippen LogP contribution in [0.3, 0.4) is 0 Å². The van der Waals surface area contributed by atoms with Crippen LogP contribution in [0.15, 0.2) is 48.0 Å². The molecule has 0 atom stereocenters. The number of rotatable bonds is 7. The molecule has 142 valence electrons. The second-order valence-electron chi connectivity index (χ2n) is 7.07. The van der Waals surface area contributed by atoms with Crippen LogP contribution in [0.2, 0.25) is 5.02 Å². The minimum Gasteiger partial charge on any atom is -0.489 e. The van der Waals surface area contributed by atoms with Crippen molar-refractivity contribution >= 4 is 23.1 Å². The number of aryl methyl sites for hydroxylation is 2. The Morgan fingerprint density at radius 2 is 1.85 bits per heavy atom. The van der Waals surface area contributed by atoms with E-state index in [4.69, 9.17) is 21.4 Å². The summed E-state index contributed by atoms with van der Waals surface area (Å²) in [6.45, 7) is 2.59. The maximum Gasteiger partial charge on any atom is 0.303 e. The van der Waals surface area contributed by atoms with Gasteiger partial charge in [-0.05, 0) is 91.1 Å². The topological polar surface area (TPSA) is 46.5 Å². The molecule has 0 bridgehead atoms. The van der Waals surface area contributed by atoms with Gasteiger partial charge in [0, 0.05) is 11.4 Å². The molecular weight excluding hydrogens is 360 g/mol. The normalized spacial score (nSPS) is 14.3. The van der Waals surface area contributed by atoms with Crippen LogP contribution >= 0.6 is 11.6 Å². The summed E-state index contributed by atoms with van der Waals surface area (Å²) in [7, 11) is 0. The number of hydrogen-bond acceptors (Lipinski definition) is 2. The number of aliphatic carboxylic acids is 1. The third-order valence-electron chi connectivity index (χ3n) is 5.11. The summed E-state index contributed by atoms with van der Waals surface area (Å²) in [5.74, 6) is 0.0637. The van der Waals surface area contributed by atoms with Gasteiger partial charge in [0.15, 0.2) is 0 Å². The molecule has 0 amide bonds. The number of carbonyl (C=O) groups is 1. The summed E-state index contributed by atoms with van der Waals surface area (Å²) in [5.41, 5.74) is 6.11. The van der Waals surface area contributed by atoms with Gasteiger partial charge in [-0.3, -0.25) is 4.79 Å². The van der Waals surface area contributed by atoms with Gasteiger partial charge >= 0.3 is 5.97 Å². The number of benzene rings is 2. The second kappa shape index (κ2) is 9.09. The summed E-state index contributed by atoms with van der Waals surface area (Å²) in [6, 6.07) is 14.0. The van der Waals surface area contributed by atoms with E-state index in [1.54, 1.807) is 0 Å². The molecule has 3 rings (SSSR count). The lowest BCUT2D eigenvalue weighted by atomic mass is 9.88. The van der Waals surface area contributed by atoms with Crippen LogP contribution in [-0.2, 0) is 11.2 Å². The summed E-state index contributed by atoms with van der Waals surface area (Å²) < 4.78 is 6.08. The second-order valence-corrected chi connectivity index (χ2v) is 7.50. The van der Waals surface area contributed by atoms with Crippen molar-refractivity contribution in [3.63, 3.8) is 0 Å². The molecule has 2 aromatic rings. The van der Waals surface area contributed by atoms with Crippen molar-refractivity contribution in [1.82, 2.24) is 0 Å². The highest BCUT2D eigenvalue weighted by molar-refractivity contribution is 6.30. The molecule has 4 heteroatoms. The monoisotopic (exact) mass is 384 g/mol. The first-order valence-electron chi connectivity index (χ1n) is 9.44. The van der Waals surface area contributed by atoms with Crippen LogP contribution in [0.5, 0.6) is 5.75 Å². The SMILES string of the molecule is Cc1cc(OCC2=C(c3ccc(Cl)cc3)CCCC2)ccc1CCC(=O)O. The summed E-state index contributed by atoms with van der Waals surface area (Å²) in [4.78, 5) is 10.8. The zero-order valence-electron chi connectivity index (χ0n) is 15.6. The predicted molar refractivity (Wildman–Crippen MR) is 109 cm³/mol. The van der Waals surface area contributed by atoms with Gasteiger partial charge in [0.1, 0.15) is 12.4 Å². The third kappa shape index (κ3) is 5.36. The van der Waals surface area contributed by atoms with Crippen LogP contribution in [0.4, 0.5) is 0 Å². The average Bonchev–Trinajstić information content (AvgIpc) is 2.66. The van der Waals surface area contributed by atoms with E-state index in [0.29, 0.717) is 13.0 Å². The van der Waals surface area contributed by atoms with Gasteiger partial charge in [-0.25, -0.2) is 0 Å². The van der Waals surface area contributed by atoms with Crippen LogP contribution in [0.1, 0.15) is 48.8 Å². The van der Waals surface area contributed by atoms with Crippen molar-refractivity contribution in [2.45, 2.75) is 45.4 Å². The van der Waals surface area contributed by atoms with Crippen molar-refractivity contribution in [2.24, 2.45) is 0 Å². The fourth-order valence-corrected chi connectivity index (χ4v) is 3.70. The molecule has 1 aliphatic carbocycles. The Balaban J connectivity index is 1.71. The van der Waals surface area contributed by atoms with Crippen LogP contribution in [0.25, 0.3) is 5.57 Å². The van der Waals surface area contributed by atoms with E-state index in [0.717, 1.165) is 34.7 Å². The van der Waals surface area contributed by atoms with Crippen molar-refractivity contribution < 1.29 is 14.6 Å². The van der Waals surface area contributed by atoms with Crippen molar-refractivity contribution in [3.8, 4) is 5.75 Å². The quantitative estimate of drug-likeness (QED) is 0.629. The van der Waals surface area contributed by atoms with Crippen LogP contribution in [-0.4, -0.2) is 17.7 Å². The lowest BCUT2D eigenvalue weighted by Crippen LogP contribution is -2.08. The van der Waals surface area contributed by atoms with E-state index in [9.17, 15) is 4.79 Å². The van der Waals surface area contributed by atoms with E-state index in [-0.39, 0.29) is 6.42 Å². The smallest absolute Gasteiger partial charge is 0.303 e. The van der Waals surface area contributed by atoms with Crippen molar-refractivity contribution in [3.05, 3.63) is 69.8 Å². The molecule has 3 nitrogen and oxygen atoms in total. The van der Waals surface area contributed by atoms with Gasteiger partial charge in [0.2, 0.25) is 0 Å². The van der Waals surface area contributed by atoms with E-state index in [2.05, 4.69) is 12.1 Å². The molecule has 0 saturated carbocycles. The number of hydrogen-bond donors (Lipinski definition) is 1. The minimum absolute atomic E-state index is 0.151. The standard InChI is InChI=1S/C23H25ClO3/c1-16-14-21(12-8-17(16)9-13-23(25)26)27-15-19-4-2-3-5-22(19)18-6-10-20(24)11-7-18/h6-8,10-12,14H,2-5,9,13,15H2,1H3,(H,25,26). The molecule has 27 heavy (non-hydrogen) atoms. The highest BCUT2D eigenvalue weighted by atomic mass is 35.5. The number of ether oxygens (including phenoxy) is 1. The Morgan fingerprint density at radius 3 is 2.56 bits per heavy atom. The van der Waals surface area contributed by atoms with E-state index < -0.39 is 5.97 Å². The molecule has 1 N–H and O–H groups in total. The molecule has 0 saturated heterocycles. The van der Waals surface area contributed by atoms with E-state index >= 15 is 0 Å². The van der Waals surface area contributed by atoms with Gasteiger partial charge in [0.25, 0.3) is 0 Å². The Hall–Kier alpha value is -2.26. The number of carboxylic acid groups (broad SMARTS) is 1. The molecule has 2 aromatic carbocycles. The van der Waals surface area contributed by atoms with E-state index in [1.807, 2.05) is 37.3 Å². The summed E-state index contributed by atoms with van der Waals surface area (Å²) in [6.07, 6.45) is 5.24. The van der Waals surface area contributed by atoms with Crippen molar-refractivity contribution in [1.29, 1.82) is 0 Å². The Labute approximate surface area is 165 Å². The van der Waals surface area contributed by atoms with Crippen LogP contribution < -0.4 is 4.74 Å². The van der Waals surface area contributed by atoms with E-state index in [1.165, 1.54) is 29.6 Å². The molecule has 0 aliphatic heterocycles. The zero-order chi connectivity index (χ0) is 19.2. The van der Waals surface area contributed by atoms with Gasteiger partial charge in [0.05, 0.1) is 0 Å². The van der Waals surface area contributed by atoms with Gasteiger partial charge in [-0.2, -0.15) is 0 Å². The first kappa shape index (κ1) is 19.5. The molecule has 0 spiro atoms. The number of carboxylic acids is 1.